The first-order valence-corrected chi connectivity index (χ1v) is 31.0. The molecule has 84 heavy (non-hydrogen) atoms. The summed E-state index contributed by atoms with van der Waals surface area (Å²) in [5.74, 6) is 5.00. The quantitative estimate of drug-likeness (QED) is 0.0385. The van der Waals surface area contributed by atoms with E-state index in [9.17, 15) is 19.4 Å². The number of nitrogens with one attached hydrogen (secondary N) is 2. The SMILES string of the molecule is N=C(ON)c1cc(F)c2nc(C3(O)[C@@H]4CC[C@H]3CC(OCc3c(-c5c(Cl)cccc5Cl)noc3C3CC3)C4)sc2c1.O=c1[nH]c(-c2cc(F)c3nc(C4(O)[C@@H]5CC[C@H]4CC(OCc4c(-c6c(Cl)cccc6Cl)noc4C4CC4)C5)sc3c2)no1. The van der Waals surface area contributed by atoms with Gasteiger partial charge in [0.2, 0.25) is 5.90 Å². The minimum Gasteiger partial charge on any atom is -0.391 e. The van der Waals surface area contributed by atoms with Gasteiger partial charge in [-0.15, -0.1) is 22.7 Å². The zero-order valence-corrected chi connectivity index (χ0v) is 49.1. The van der Waals surface area contributed by atoms with Crippen molar-refractivity contribution in [3.8, 4) is 33.9 Å². The van der Waals surface area contributed by atoms with Crippen LogP contribution >= 0.6 is 69.1 Å². The van der Waals surface area contributed by atoms with Crippen LogP contribution in [0.15, 0.2) is 79.0 Å². The van der Waals surface area contributed by atoms with E-state index in [-0.39, 0.29) is 64.2 Å². The lowest BCUT2D eigenvalue weighted by molar-refractivity contribution is -0.116. The maximum atomic E-state index is 15.1. The maximum Gasteiger partial charge on any atom is 0.439 e. The molecule has 6 saturated carbocycles. The predicted molar refractivity (Wildman–Crippen MR) is 311 cm³/mol. The average Bonchev–Trinajstić information content (AvgIpc) is 2.04. The van der Waals surface area contributed by atoms with Crippen molar-refractivity contribution in [3.05, 3.63) is 141 Å². The minimum absolute atomic E-state index is 0.0795. The van der Waals surface area contributed by atoms with Gasteiger partial charge in [-0.05, 0) is 149 Å². The molecule has 17 nitrogen and oxygen atoms in total. The number of benzene rings is 4. The van der Waals surface area contributed by atoms with E-state index in [0.717, 1.165) is 74.0 Å². The van der Waals surface area contributed by atoms with Crippen LogP contribution in [0.1, 0.15) is 127 Å². The fourth-order valence-corrected chi connectivity index (χ4v) is 17.2. The molecular weight excluding hydrogens is 1210 g/mol. The van der Waals surface area contributed by atoms with E-state index < -0.39 is 28.6 Å². The second kappa shape index (κ2) is 21.9. The molecule has 0 radical (unpaired) electrons. The third-order valence-electron chi connectivity index (χ3n) is 17.9. The average molecular weight is 1260 g/mol. The zero-order valence-electron chi connectivity index (χ0n) is 44.4. The molecule has 8 atom stereocenters. The largest absolute Gasteiger partial charge is 0.439 e. The highest BCUT2D eigenvalue weighted by Crippen LogP contribution is 2.59. The fraction of sp³-hybridized carbons (Fsp3) is 0.407. The van der Waals surface area contributed by atoms with Crippen molar-refractivity contribution in [2.24, 2.45) is 29.6 Å². The predicted octanol–water partition coefficient (Wildman–Crippen LogP) is 14.3. The molecule has 4 bridgehead atoms. The van der Waals surface area contributed by atoms with Crippen molar-refractivity contribution < 1.29 is 46.9 Å². The molecule has 5 aromatic heterocycles. The molecule has 436 valence electrons. The molecule has 6 N–H and O–H groups in total. The summed E-state index contributed by atoms with van der Waals surface area (Å²) in [7, 11) is 0. The molecule has 15 rings (SSSR count). The second-order valence-electron chi connectivity index (χ2n) is 22.9. The lowest BCUT2D eigenvalue weighted by atomic mass is 9.73. The normalized spacial score (nSPS) is 25.4. The van der Waals surface area contributed by atoms with Gasteiger partial charge in [0, 0.05) is 45.2 Å². The summed E-state index contributed by atoms with van der Waals surface area (Å²) in [6.07, 6.45) is 9.90. The third kappa shape index (κ3) is 9.88. The topological polar surface area (TPSA) is 255 Å². The number of ether oxygens (including phenoxy) is 2. The van der Waals surface area contributed by atoms with Crippen LogP contribution in [0.5, 0.6) is 0 Å². The summed E-state index contributed by atoms with van der Waals surface area (Å²) >= 11 is 28.6. The number of rotatable bonds is 14. The van der Waals surface area contributed by atoms with Crippen LogP contribution in [-0.2, 0) is 38.7 Å². The first-order chi connectivity index (χ1) is 40.6. The molecule has 0 spiro atoms. The number of H-pyrrole nitrogens is 1. The molecule has 4 aromatic carbocycles. The van der Waals surface area contributed by atoms with Gasteiger partial charge in [-0.25, -0.2) is 23.5 Å². The highest BCUT2D eigenvalue weighted by atomic mass is 35.5. The van der Waals surface area contributed by atoms with E-state index in [1.165, 1.54) is 34.8 Å². The summed E-state index contributed by atoms with van der Waals surface area (Å²) in [5.41, 5.74) is 2.86. The number of nitrogens with two attached hydrogens (primary N) is 1. The van der Waals surface area contributed by atoms with Crippen molar-refractivity contribution in [1.82, 2.24) is 30.4 Å². The van der Waals surface area contributed by atoms with Crippen LogP contribution in [0.2, 0.25) is 20.1 Å². The number of aliphatic hydroxyl groups is 2. The number of thiazole rings is 2. The molecule has 9 aromatic rings. The molecule has 6 aliphatic carbocycles. The van der Waals surface area contributed by atoms with Gasteiger partial charge in [0.05, 0.1) is 54.9 Å². The summed E-state index contributed by atoms with van der Waals surface area (Å²) < 4.78 is 60.3. The second-order valence-corrected chi connectivity index (χ2v) is 26.6. The van der Waals surface area contributed by atoms with Gasteiger partial charge in [0.25, 0.3) is 0 Å². The lowest BCUT2D eigenvalue weighted by Gasteiger charge is -2.41. The molecule has 0 amide bonds. The lowest BCUT2D eigenvalue weighted by Crippen LogP contribution is -2.44. The zero-order chi connectivity index (χ0) is 57.9. The van der Waals surface area contributed by atoms with E-state index in [4.69, 9.17) is 76.2 Å². The van der Waals surface area contributed by atoms with Crippen LogP contribution in [0.3, 0.4) is 0 Å². The van der Waals surface area contributed by atoms with Gasteiger partial charge in [-0.1, -0.05) is 74.0 Å². The summed E-state index contributed by atoms with van der Waals surface area (Å²) in [5, 5.41) is 47.3. The van der Waals surface area contributed by atoms with Crippen molar-refractivity contribution in [2.45, 2.75) is 126 Å². The standard InChI is InChI=1S/C30H25Cl2FN4O5S.C29H27Cl2FN4O4S/c31-19-2-1-3-20(32)23(19)24-18(26(41-36-24)13-4-5-13)12-40-17-10-15-6-7-16(11-17)30(15,39)28-34-25-21(33)8-14(9-22(25)43-28)27-35-29(38)42-37-27;30-19-2-1-3-20(31)23(19)24-18(26(40-36-24)13-4-5-13)12-38-17-10-15-6-7-16(11-17)29(15,37)28-35-25-21(32)8-14(27(33)39-34)9-22(25)41-28/h1-3,8-9,13,15-17,39H,4-7,10-12H2,(H,35,37,38);1-3,8-9,13,15-17,33,37H,4-7,10-12,34H2/t15-,16+,17?,30?;15-,16+,17?,29?. The van der Waals surface area contributed by atoms with Crippen LogP contribution in [0.25, 0.3) is 54.3 Å². The van der Waals surface area contributed by atoms with Crippen LogP contribution in [0.4, 0.5) is 8.78 Å². The summed E-state index contributed by atoms with van der Waals surface area (Å²) in [6, 6.07) is 16.5. The van der Waals surface area contributed by atoms with Crippen molar-refractivity contribution >= 4 is 95.4 Å². The molecule has 6 aliphatic rings. The highest BCUT2D eigenvalue weighted by Gasteiger charge is 2.58. The Hall–Kier alpha value is -5.69. The number of fused-ring (bicyclic) bond motifs is 6. The Labute approximate surface area is 505 Å². The number of aromatic nitrogens is 6. The van der Waals surface area contributed by atoms with E-state index >= 15 is 4.39 Å². The van der Waals surface area contributed by atoms with Crippen molar-refractivity contribution in [2.75, 3.05) is 0 Å². The minimum atomic E-state index is -1.18. The van der Waals surface area contributed by atoms with Gasteiger partial charge < -0.3 is 33.6 Å². The Morgan fingerprint density at radius 3 is 1.51 bits per heavy atom. The number of hydrogen-bond acceptors (Lipinski definition) is 18. The highest BCUT2D eigenvalue weighted by molar-refractivity contribution is 7.19. The number of nitrogens with zero attached hydrogens (tertiary/aromatic N) is 5. The van der Waals surface area contributed by atoms with Crippen LogP contribution < -0.4 is 11.7 Å². The fourth-order valence-electron chi connectivity index (χ4n) is 13.5. The number of hydrogen-bond donors (Lipinski definition) is 5. The Balaban J connectivity index is 0.000000150. The van der Waals surface area contributed by atoms with E-state index in [1.807, 2.05) is 0 Å². The summed E-state index contributed by atoms with van der Waals surface area (Å²) in [6.45, 7) is 0.604. The Morgan fingerprint density at radius 1 is 0.655 bits per heavy atom. The third-order valence-corrected chi connectivity index (χ3v) is 21.5. The first kappa shape index (κ1) is 56.1. The van der Waals surface area contributed by atoms with Crippen LogP contribution in [0, 0.1) is 40.7 Å². The maximum absolute atomic E-state index is 15.1. The number of halogens is 6. The van der Waals surface area contributed by atoms with Gasteiger partial charge in [-0.2, -0.15) is 5.90 Å². The Bertz CT molecular complexity index is 4050. The van der Waals surface area contributed by atoms with E-state index in [0.29, 0.717) is 118 Å². The molecular formula is C59H52Cl4F2N8O9S2. The first-order valence-electron chi connectivity index (χ1n) is 27.8. The van der Waals surface area contributed by atoms with E-state index in [1.54, 1.807) is 48.5 Å². The Kier molecular flexibility index (Phi) is 14.6. The van der Waals surface area contributed by atoms with Gasteiger partial charge in [0.1, 0.15) is 55.2 Å². The molecule has 0 aliphatic heterocycles. The van der Waals surface area contributed by atoms with Gasteiger partial charge >= 0.3 is 5.76 Å². The van der Waals surface area contributed by atoms with Crippen LogP contribution in [-0.4, -0.2) is 58.7 Å². The van der Waals surface area contributed by atoms with E-state index in [2.05, 4.69) is 39.8 Å². The van der Waals surface area contributed by atoms with Crippen molar-refractivity contribution in [3.63, 3.8) is 0 Å². The van der Waals surface area contributed by atoms with Gasteiger partial charge in [-0.3, -0.25) is 14.9 Å². The van der Waals surface area contributed by atoms with Crippen molar-refractivity contribution in [1.29, 1.82) is 5.41 Å². The molecule has 4 unspecified atom stereocenters. The molecule has 6 fully saturated rings. The molecule has 5 heterocycles. The summed E-state index contributed by atoms with van der Waals surface area (Å²) in [4.78, 5) is 27.4. The number of aromatic amines is 1. The monoisotopic (exact) mass is 1260 g/mol. The van der Waals surface area contributed by atoms with Gasteiger partial charge in [0.15, 0.2) is 17.5 Å². The molecule has 0 saturated heterocycles. The Morgan fingerprint density at radius 2 is 1.10 bits per heavy atom. The molecule has 25 heteroatoms. The smallest absolute Gasteiger partial charge is 0.391 e.